The second kappa shape index (κ2) is 24.4. The third-order valence-electron chi connectivity index (χ3n) is 2.02. The first-order valence-electron chi connectivity index (χ1n) is 5.82. The van der Waals surface area contributed by atoms with E-state index in [4.69, 9.17) is 20.4 Å². The Morgan fingerprint density at radius 1 is 0.944 bits per heavy atom. The quantitative estimate of drug-likeness (QED) is 0.538. The summed E-state index contributed by atoms with van der Waals surface area (Å²) >= 11 is 0. The largest absolute Gasteiger partial charge is 0.235 e. The molecule has 0 aliphatic rings. The molecule has 0 saturated heterocycles. The first-order chi connectivity index (χ1) is 8.67. The fourth-order valence-electron chi connectivity index (χ4n) is 1.23. The molecule has 2 N–H and O–H groups in total. The Morgan fingerprint density at radius 2 is 1.28 bits per heavy atom. The van der Waals surface area contributed by atoms with Crippen molar-refractivity contribution in [2.45, 2.75) is 58.4 Å². The molecule has 0 heterocycles. The van der Waals surface area contributed by atoms with Crippen molar-refractivity contribution >= 4 is 18.2 Å². The summed E-state index contributed by atoms with van der Waals surface area (Å²) in [5, 5.41) is 10.8. The number of hydrogen-bond acceptors (Lipinski definition) is 6. The predicted molar refractivity (Wildman–Crippen MR) is 67.8 cm³/mol. The Bertz CT molecular complexity index is 254. The van der Waals surface area contributed by atoms with Gasteiger partial charge in [-0.2, -0.15) is 0 Å². The molecular formula is C12H21N3O3. The predicted octanol–water partition coefficient (Wildman–Crippen LogP) is 2.87. The van der Waals surface area contributed by atoms with Crippen molar-refractivity contribution in [3.63, 3.8) is 0 Å². The molecule has 0 aliphatic carbocycles. The zero-order valence-electron chi connectivity index (χ0n) is 11.0. The van der Waals surface area contributed by atoms with Crippen LogP contribution in [0.5, 0.6) is 0 Å². The minimum absolute atomic E-state index is 0.238. The Balaban J connectivity index is -0.000000315. The molecule has 0 aliphatic heterocycles. The van der Waals surface area contributed by atoms with Gasteiger partial charge in [0.05, 0.1) is 6.04 Å². The standard InChI is InChI=1S/C10H19NO.2CHNO/c1-3-5-7-10(11-9-12)8-6-4-2;2*2-1-3/h10H,3-8H2,1-2H3;2*2H. The summed E-state index contributed by atoms with van der Waals surface area (Å²) in [5.41, 5.74) is 0. The van der Waals surface area contributed by atoms with Crippen LogP contribution in [0.4, 0.5) is 0 Å². The molecule has 102 valence electrons. The van der Waals surface area contributed by atoms with Gasteiger partial charge in [0.2, 0.25) is 18.2 Å². The number of rotatable bonds is 7. The maximum absolute atomic E-state index is 10.0. The average molecular weight is 255 g/mol. The summed E-state index contributed by atoms with van der Waals surface area (Å²) < 4.78 is 0. The van der Waals surface area contributed by atoms with E-state index in [1.54, 1.807) is 6.08 Å². The molecule has 0 radical (unpaired) electrons. The molecule has 6 heteroatoms. The second-order valence-electron chi connectivity index (χ2n) is 3.36. The third kappa shape index (κ3) is 29.2. The van der Waals surface area contributed by atoms with Crippen LogP contribution in [0.25, 0.3) is 0 Å². The molecule has 0 aromatic carbocycles. The molecule has 6 nitrogen and oxygen atoms in total. The molecule has 0 fully saturated rings. The first-order valence-corrected chi connectivity index (χ1v) is 5.82. The van der Waals surface area contributed by atoms with Crippen LogP contribution in [0.2, 0.25) is 0 Å². The van der Waals surface area contributed by atoms with Gasteiger partial charge in [-0.25, -0.2) is 30.2 Å². The van der Waals surface area contributed by atoms with Gasteiger partial charge in [0.25, 0.3) is 0 Å². The maximum Gasteiger partial charge on any atom is 0.235 e. The third-order valence-corrected chi connectivity index (χ3v) is 2.02. The van der Waals surface area contributed by atoms with Gasteiger partial charge in [0.1, 0.15) is 0 Å². The van der Waals surface area contributed by atoms with Crippen LogP contribution in [0, 0.1) is 10.8 Å². The zero-order chi connectivity index (χ0) is 14.6. The topological polar surface area (TPSA) is 111 Å². The summed E-state index contributed by atoms with van der Waals surface area (Å²) in [5.74, 6) is 0. The molecule has 0 spiro atoms. The van der Waals surface area contributed by atoms with Crippen LogP contribution in [0.15, 0.2) is 4.99 Å². The highest BCUT2D eigenvalue weighted by molar-refractivity contribution is 5.33. The van der Waals surface area contributed by atoms with Crippen LogP contribution >= 0.6 is 0 Å². The van der Waals surface area contributed by atoms with Crippen LogP contribution in [0.3, 0.4) is 0 Å². The first kappa shape index (κ1) is 21.4. The van der Waals surface area contributed by atoms with Gasteiger partial charge in [-0.1, -0.05) is 39.5 Å². The lowest BCUT2D eigenvalue weighted by Crippen LogP contribution is -2.03. The fourth-order valence-corrected chi connectivity index (χ4v) is 1.23. The molecule has 0 bridgehead atoms. The Labute approximate surface area is 108 Å². The van der Waals surface area contributed by atoms with Crippen LogP contribution in [-0.4, -0.2) is 24.3 Å². The normalized spacial score (nSPS) is 7.50. The van der Waals surface area contributed by atoms with Gasteiger partial charge in [0.15, 0.2) is 0 Å². The molecule has 18 heavy (non-hydrogen) atoms. The van der Waals surface area contributed by atoms with Crippen molar-refractivity contribution in [1.29, 1.82) is 10.8 Å². The highest BCUT2D eigenvalue weighted by Crippen LogP contribution is 2.11. The van der Waals surface area contributed by atoms with E-state index in [1.165, 1.54) is 25.7 Å². The summed E-state index contributed by atoms with van der Waals surface area (Å²) in [6, 6.07) is 0.238. The number of carbonyl (C=O) groups excluding carboxylic acids is 3. The van der Waals surface area contributed by atoms with E-state index >= 15 is 0 Å². The van der Waals surface area contributed by atoms with E-state index in [2.05, 4.69) is 18.8 Å². The van der Waals surface area contributed by atoms with Gasteiger partial charge >= 0.3 is 0 Å². The van der Waals surface area contributed by atoms with Gasteiger partial charge < -0.3 is 0 Å². The van der Waals surface area contributed by atoms with Gasteiger partial charge in [-0.3, -0.25) is 0 Å². The highest BCUT2D eigenvalue weighted by atomic mass is 16.1. The van der Waals surface area contributed by atoms with E-state index in [0.717, 1.165) is 25.0 Å². The van der Waals surface area contributed by atoms with E-state index in [9.17, 15) is 4.79 Å². The second-order valence-corrected chi connectivity index (χ2v) is 3.36. The molecule has 0 amide bonds. The highest BCUT2D eigenvalue weighted by Gasteiger charge is 2.04. The number of unbranched alkanes of at least 4 members (excludes halogenated alkanes) is 2. The van der Waals surface area contributed by atoms with Crippen molar-refractivity contribution in [2.24, 2.45) is 4.99 Å². The van der Waals surface area contributed by atoms with Gasteiger partial charge in [-0.05, 0) is 12.8 Å². The zero-order valence-corrected chi connectivity index (χ0v) is 11.0. The van der Waals surface area contributed by atoms with Crippen molar-refractivity contribution < 1.29 is 14.4 Å². The summed E-state index contributed by atoms with van der Waals surface area (Å²) in [6.45, 7) is 4.31. The Morgan fingerprint density at radius 3 is 1.50 bits per heavy atom. The lowest BCUT2D eigenvalue weighted by molar-refractivity contribution is 0.508. The van der Waals surface area contributed by atoms with Crippen molar-refractivity contribution in [3.8, 4) is 0 Å². The van der Waals surface area contributed by atoms with Crippen LogP contribution in [0.1, 0.15) is 52.4 Å². The summed E-state index contributed by atoms with van der Waals surface area (Å²) in [7, 11) is 0. The van der Waals surface area contributed by atoms with Crippen LogP contribution in [-0.2, 0) is 14.4 Å². The molecule has 0 atom stereocenters. The lowest BCUT2D eigenvalue weighted by atomic mass is 10.0. The van der Waals surface area contributed by atoms with Gasteiger partial charge in [0, 0.05) is 0 Å². The van der Waals surface area contributed by atoms with E-state index in [0.29, 0.717) is 0 Å². The number of aliphatic imine (C=N–C) groups is 1. The van der Waals surface area contributed by atoms with Crippen molar-refractivity contribution in [3.05, 3.63) is 0 Å². The SMILES string of the molecule is CCCCC(CCCC)N=C=O.N=C=O.N=C=O. The molecule has 0 aromatic rings. The molecule has 0 saturated carbocycles. The average Bonchev–Trinajstić information content (AvgIpc) is 2.35. The van der Waals surface area contributed by atoms with E-state index in [-0.39, 0.29) is 6.04 Å². The smallest absolute Gasteiger partial charge is 0.222 e. The molecule has 0 unspecified atom stereocenters. The van der Waals surface area contributed by atoms with E-state index in [1.807, 2.05) is 0 Å². The van der Waals surface area contributed by atoms with E-state index < -0.39 is 0 Å². The number of nitrogens with one attached hydrogen (secondary N) is 2. The number of hydrogen-bond donors (Lipinski definition) is 2. The van der Waals surface area contributed by atoms with Crippen LogP contribution < -0.4 is 0 Å². The van der Waals surface area contributed by atoms with Crippen molar-refractivity contribution in [2.75, 3.05) is 0 Å². The number of nitrogens with zero attached hydrogens (tertiary/aromatic N) is 1. The van der Waals surface area contributed by atoms with Crippen molar-refractivity contribution in [1.82, 2.24) is 0 Å². The molecular weight excluding hydrogens is 234 g/mol. The minimum Gasteiger partial charge on any atom is -0.222 e. The number of isocyanates is 3. The fraction of sp³-hybridized carbons (Fsp3) is 0.750. The molecule has 0 rings (SSSR count). The van der Waals surface area contributed by atoms with Gasteiger partial charge in [-0.15, -0.1) is 0 Å². The maximum atomic E-state index is 10.0. The monoisotopic (exact) mass is 255 g/mol. The minimum atomic E-state index is 0.238. The summed E-state index contributed by atoms with van der Waals surface area (Å²) in [4.78, 5) is 30.5. The lowest BCUT2D eigenvalue weighted by Gasteiger charge is -2.07. The molecule has 0 aromatic heterocycles. The summed E-state index contributed by atoms with van der Waals surface area (Å²) in [6.07, 6.45) is 9.94. The Kier molecular flexibility index (Phi) is 29.0. The Hall–Kier alpha value is -1.86.